The summed E-state index contributed by atoms with van der Waals surface area (Å²) < 4.78 is 0. The number of aromatic nitrogens is 1. The van der Waals surface area contributed by atoms with Crippen molar-refractivity contribution in [3.8, 4) is 0 Å². The quantitative estimate of drug-likeness (QED) is 0.750. The van der Waals surface area contributed by atoms with Gasteiger partial charge in [-0.25, -0.2) is 9.78 Å². The van der Waals surface area contributed by atoms with Crippen molar-refractivity contribution in [1.29, 1.82) is 0 Å². The second kappa shape index (κ2) is 4.56. The van der Waals surface area contributed by atoms with Crippen LogP contribution in [-0.4, -0.2) is 22.0 Å². The van der Waals surface area contributed by atoms with E-state index in [9.17, 15) is 9.59 Å². The Bertz CT molecular complexity index is 443. The van der Waals surface area contributed by atoms with Gasteiger partial charge in [0.15, 0.2) is 5.69 Å². The van der Waals surface area contributed by atoms with Gasteiger partial charge in [-0.15, -0.1) is 0 Å². The summed E-state index contributed by atoms with van der Waals surface area (Å²) in [6.07, 6.45) is 3.81. The van der Waals surface area contributed by atoms with Gasteiger partial charge in [0, 0.05) is 12.3 Å². The number of pyridine rings is 1. The van der Waals surface area contributed by atoms with E-state index in [2.05, 4.69) is 4.98 Å². The van der Waals surface area contributed by atoms with Gasteiger partial charge in [0.25, 0.3) is 0 Å². The number of carboxylic acid groups (broad SMARTS) is 1. The summed E-state index contributed by atoms with van der Waals surface area (Å²) >= 11 is 5.65. The lowest BCUT2D eigenvalue weighted by Crippen LogP contribution is -2.05. The molecule has 0 spiro atoms. The van der Waals surface area contributed by atoms with E-state index in [0.29, 0.717) is 5.56 Å². The predicted octanol–water partition coefficient (Wildman–Crippen LogP) is 0.932. The van der Waals surface area contributed by atoms with Crippen LogP contribution in [0.15, 0.2) is 18.3 Å². The molecule has 0 aromatic carbocycles. The lowest BCUT2D eigenvalue weighted by atomic mass is 10.2. The number of primary amides is 1. The van der Waals surface area contributed by atoms with Crippen LogP contribution in [0.1, 0.15) is 16.1 Å². The predicted molar refractivity (Wildman–Crippen MR) is 54.4 cm³/mol. The Morgan fingerprint density at radius 1 is 1.53 bits per heavy atom. The molecule has 0 saturated carbocycles. The average molecular weight is 227 g/mol. The maximum atomic E-state index is 10.6. The maximum absolute atomic E-state index is 10.6. The van der Waals surface area contributed by atoms with Gasteiger partial charge in [-0.1, -0.05) is 11.6 Å². The number of nitrogens with zero attached hydrogens (tertiary/aromatic N) is 1. The molecule has 0 atom stereocenters. The monoisotopic (exact) mass is 226 g/mol. The third kappa shape index (κ3) is 3.07. The molecule has 0 bridgehead atoms. The Labute approximate surface area is 90.2 Å². The molecule has 0 aliphatic carbocycles. The number of carbonyl (C=O) groups is 2. The van der Waals surface area contributed by atoms with E-state index in [0.717, 1.165) is 6.08 Å². The van der Waals surface area contributed by atoms with Crippen molar-refractivity contribution in [1.82, 2.24) is 4.98 Å². The van der Waals surface area contributed by atoms with Crippen LogP contribution in [0.4, 0.5) is 0 Å². The van der Waals surface area contributed by atoms with Gasteiger partial charge in [0.2, 0.25) is 5.91 Å². The van der Waals surface area contributed by atoms with E-state index >= 15 is 0 Å². The van der Waals surface area contributed by atoms with Crippen molar-refractivity contribution in [3.05, 3.63) is 34.6 Å². The highest BCUT2D eigenvalue weighted by Gasteiger charge is 2.09. The van der Waals surface area contributed by atoms with Gasteiger partial charge in [-0.05, 0) is 17.7 Å². The minimum atomic E-state index is -1.20. The summed E-state index contributed by atoms with van der Waals surface area (Å²) in [5.41, 5.74) is 5.16. The van der Waals surface area contributed by atoms with Crippen LogP contribution in [0.25, 0.3) is 6.08 Å². The second-order valence-corrected chi connectivity index (χ2v) is 3.05. The Morgan fingerprint density at radius 2 is 2.20 bits per heavy atom. The zero-order chi connectivity index (χ0) is 11.4. The molecule has 0 aliphatic heterocycles. The molecule has 0 fully saturated rings. The number of halogens is 1. The van der Waals surface area contributed by atoms with Crippen molar-refractivity contribution in [2.24, 2.45) is 5.73 Å². The normalized spacial score (nSPS) is 10.5. The first-order valence-electron chi connectivity index (χ1n) is 3.87. The summed E-state index contributed by atoms with van der Waals surface area (Å²) in [6, 6.07) is 1.39. The molecule has 5 nitrogen and oxygen atoms in total. The largest absolute Gasteiger partial charge is 0.476 e. The molecule has 1 amide bonds. The molecule has 1 rings (SSSR count). The molecule has 78 valence electrons. The molecule has 6 heteroatoms. The number of amides is 1. The van der Waals surface area contributed by atoms with Crippen molar-refractivity contribution >= 4 is 29.6 Å². The van der Waals surface area contributed by atoms with Gasteiger partial charge in [-0.2, -0.15) is 0 Å². The fraction of sp³-hybridized carbons (Fsp3) is 0. The number of aromatic carboxylic acids is 1. The fourth-order valence-corrected chi connectivity index (χ4v) is 1.14. The smallest absolute Gasteiger partial charge is 0.356 e. The third-order valence-corrected chi connectivity index (χ3v) is 1.79. The van der Waals surface area contributed by atoms with E-state index < -0.39 is 11.9 Å². The molecule has 3 N–H and O–H groups in total. The molecule has 0 radical (unpaired) electrons. The minimum Gasteiger partial charge on any atom is -0.476 e. The van der Waals surface area contributed by atoms with Crippen LogP contribution in [0.2, 0.25) is 5.02 Å². The van der Waals surface area contributed by atoms with E-state index in [-0.39, 0.29) is 10.7 Å². The molecular weight excluding hydrogens is 220 g/mol. The highest BCUT2D eigenvalue weighted by atomic mass is 35.5. The fourth-order valence-electron chi connectivity index (χ4n) is 0.880. The van der Waals surface area contributed by atoms with Crippen LogP contribution in [0.5, 0.6) is 0 Å². The van der Waals surface area contributed by atoms with Gasteiger partial charge in [0.05, 0.1) is 5.02 Å². The standard InChI is InChI=1S/C9H7ClN2O3/c10-6-3-5(1-2-7(11)13)4-12-8(6)9(14)15/h1-4H,(H2,11,13)(H,14,15). The Morgan fingerprint density at radius 3 is 2.67 bits per heavy atom. The van der Waals surface area contributed by atoms with Crippen molar-refractivity contribution in [2.75, 3.05) is 0 Å². The van der Waals surface area contributed by atoms with Gasteiger partial charge >= 0.3 is 5.97 Å². The molecule has 1 aromatic heterocycles. The van der Waals surface area contributed by atoms with Gasteiger partial charge in [-0.3, -0.25) is 4.79 Å². The Hall–Kier alpha value is -1.88. The minimum absolute atomic E-state index is 0.00844. The summed E-state index contributed by atoms with van der Waals surface area (Å²) in [5.74, 6) is -1.81. The number of hydrogen-bond donors (Lipinski definition) is 2. The first kappa shape index (κ1) is 11.2. The number of nitrogens with two attached hydrogens (primary N) is 1. The molecular formula is C9H7ClN2O3. The lowest BCUT2D eigenvalue weighted by Gasteiger charge is -1.98. The number of carboxylic acids is 1. The maximum Gasteiger partial charge on any atom is 0.356 e. The molecule has 1 heterocycles. The Kier molecular flexibility index (Phi) is 3.41. The van der Waals surface area contributed by atoms with Crippen LogP contribution in [-0.2, 0) is 4.79 Å². The van der Waals surface area contributed by atoms with Crippen LogP contribution >= 0.6 is 11.6 Å². The molecule has 0 aliphatic rings. The second-order valence-electron chi connectivity index (χ2n) is 2.64. The summed E-state index contributed by atoms with van der Waals surface area (Å²) in [7, 11) is 0. The van der Waals surface area contributed by atoms with E-state index in [1.54, 1.807) is 0 Å². The molecule has 0 saturated heterocycles. The van der Waals surface area contributed by atoms with Crippen molar-refractivity contribution in [2.45, 2.75) is 0 Å². The van der Waals surface area contributed by atoms with Crippen molar-refractivity contribution in [3.63, 3.8) is 0 Å². The van der Waals surface area contributed by atoms with Gasteiger partial charge in [0.1, 0.15) is 0 Å². The number of carbonyl (C=O) groups excluding carboxylic acids is 1. The van der Waals surface area contributed by atoms with E-state index in [1.165, 1.54) is 18.3 Å². The number of rotatable bonds is 3. The van der Waals surface area contributed by atoms with E-state index in [1.807, 2.05) is 0 Å². The lowest BCUT2D eigenvalue weighted by molar-refractivity contribution is -0.113. The average Bonchev–Trinajstić information content (AvgIpc) is 2.14. The molecule has 1 aromatic rings. The van der Waals surface area contributed by atoms with Crippen LogP contribution in [0, 0.1) is 0 Å². The topological polar surface area (TPSA) is 93.3 Å². The third-order valence-electron chi connectivity index (χ3n) is 1.50. The number of hydrogen-bond acceptors (Lipinski definition) is 3. The highest BCUT2D eigenvalue weighted by Crippen LogP contribution is 2.15. The molecule has 0 unspecified atom stereocenters. The zero-order valence-electron chi connectivity index (χ0n) is 7.48. The highest BCUT2D eigenvalue weighted by molar-refractivity contribution is 6.33. The summed E-state index contributed by atoms with van der Waals surface area (Å²) in [6.45, 7) is 0. The molecule has 15 heavy (non-hydrogen) atoms. The summed E-state index contributed by atoms with van der Waals surface area (Å²) in [5, 5.41) is 8.64. The van der Waals surface area contributed by atoms with Crippen LogP contribution < -0.4 is 5.73 Å². The van der Waals surface area contributed by atoms with Crippen molar-refractivity contribution < 1.29 is 14.7 Å². The van der Waals surface area contributed by atoms with Gasteiger partial charge < -0.3 is 10.8 Å². The Balaban J connectivity index is 3.01. The first-order chi connectivity index (χ1) is 7.00. The SMILES string of the molecule is NC(=O)C=Cc1cnc(C(=O)O)c(Cl)c1. The van der Waals surface area contributed by atoms with Crippen LogP contribution in [0.3, 0.4) is 0 Å². The van der Waals surface area contributed by atoms with E-state index in [4.69, 9.17) is 22.4 Å². The zero-order valence-corrected chi connectivity index (χ0v) is 8.23. The summed E-state index contributed by atoms with van der Waals surface area (Å²) in [4.78, 5) is 24.6. The first-order valence-corrected chi connectivity index (χ1v) is 4.25.